The van der Waals surface area contributed by atoms with Crippen LogP contribution < -0.4 is 4.74 Å². The Kier molecular flexibility index (Phi) is 6.91. The summed E-state index contributed by atoms with van der Waals surface area (Å²) in [6, 6.07) is 6.74. The fourth-order valence-electron chi connectivity index (χ4n) is 4.84. The largest absolute Gasteiger partial charge is 0.432 e. The van der Waals surface area contributed by atoms with Crippen molar-refractivity contribution >= 4 is 0 Å². The van der Waals surface area contributed by atoms with Crippen LogP contribution >= 0.6 is 0 Å². The molecule has 2 nitrogen and oxygen atoms in total. The Morgan fingerprint density at radius 1 is 0.963 bits per heavy atom. The zero-order chi connectivity index (χ0) is 19.3. The van der Waals surface area contributed by atoms with Crippen LogP contribution in [-0.4, -0.2) is 13.2 Å². The second kappa shape index (κ2) is 9.18. The van der Waals surface area contributed by atoms with Crippen molar-refractivity contribution in [3.63, 3.8) is 0 Å². The first-order valence-electron chi connectivity index (χ1n) is 10.3. The summed E-state index contributed by atoms with van der Waals surface area (Å²) in [7, 11) is 1.61. The number of methoxy groups -OCH3 is 1. The van der Waals surface area contributed by atoms with Gasteiger partial charge in [0.1, 0.15) is 5.75 Å². The fourth-order valence-corrected chi connectivity index (χ4v) is 4.84. The predicted octanol–water partition coefficient (Wildman–Crippen LogP) is 6.60. The van der Waals surface area contributed by atoms with E-state index in [0.717, 1.165) is 18.4 Å². The van der Waals surface area contributed by atoms with Crippen molar-refractivity contribution in [2.75, 3.05) is 7.11 Å². The summed E-state index contributed by atoms with van der Waals surface area (Å²) in [6.45, 7) is 4.37. The zero-order valence-corrected chi connectivity index (χ0v) is 16.3. The highest BCUT2D eigenvalue weighted by Gasteiger charge is 2.45. The molecule has 0 unspecified atom stereocenters. The van der Waals surface area contributed by atoms with E-state index in [1.54, 1.807) is 31.4 Å². The fraction of sp³-hybridized carbons (Fsp3) is 0.652. The van der Waals surface area contributed by atoms with Crippen molar-refractivity contribution < 1.29 is 18.3 Å². The van der Waals surface area contributed by atoms with Gasteiger partial charge in [0.25, 0.3) is 0 Å². The Bertz CT molecular complexity index is 583. The highest BCUT2D eigenvalue weighted by Crippen LogP contribution is 2.45. The molecule has 2 aliphatic carbocycles. The van der Waals surface area contributed by atoms with Gasteiger partial charge in [-0.25, -0.2) is 0 Å². The molecular weight excluding hydrogens is 346 g/mol. The first-order chi connectivity index (χ1) is 13.0. The van der Waals surface area contributed by atoms with Gasteiger partial charge in [-0.3, -0.25) is 0 Å². The summed E-state index contributed by atoms with van der Waals surface area (Å²) >= 11 is 0. The Hall–Kier alpha value is -1.42. The van der Waals surface area contributed by atoms with Gasteiger partial charge in [0, 0.05) is 7.11 Å². The average molecular weight is 379 g/mol. The van der Waals surface area contributed by atoms with E-state index in [9.17, 15) is 8.78 Å². The molecule has 3 rings (SSSR count). The van der Waals surface area contributed by atoms with Crippen LogP contribution in [0, 0.1) is 23.7 Å². The van der Waals surface area contributed by atoms with E-state index in [0.29, 0.717) is 37.2 Å². The second-order valence-electron chi connectivity index (χ2n) is 8.26. The molecule has 150 valence electrons. The molecule has 0 aliphatic heterocycles. The summed E-state index contributed by atoms with van der Waals surface area (Å²) in [5.41, 5.74) is 0.944. The second-order valence-corrected chi connectivity index (χ2v) is 8.26. The van der Waals surface area contributed by atoms with Gasteiger partial charge in [0.15, 0.2) is 0 Å². The van der Waals surface area contributed by atoms with Crippen LogP contribution in [0.1, 0.15) is 56.9 Å². The molecule has 0 N–H and O–H groups in total. The number of ether oxygens (including phenoxy) is 2. The van der Waals surface area contributed by atoms with Crippen LogP contribution in [0.5, 0.6) is 5.75 Å². The van der Waals surface area contributed by atoms with Crippen LogP contribution in [-0.2, 0) is 11.3 Å². The number of hydrogen-bond donors (Lipinski definition) is 0. The topological polar surface area (TPSA) is 18.5 Å². The standard InChI is InChI=1S/C23H32F2O2/c1-3-17-4-8-19(9-5-17)20-10-12-21(13-11-20)23(24,25)27-22-14-6-18(7-15-22)16-26-2/h3,6-7,14-15,17,19-21H,1,4-5,8-13,16H2,2H3. The maximum absolute atomic E-state index is 14.7. The zero-order valence-electron chi connectivity index (χ0n) is 16.3. The average Bonchev–Trinajstić information content (AvgIpc) is 2.70. The van der Waals surface area contributed by atoms with Crippen molar-refractivity contribution in [2.24, 2.45) is 23.7 Å². The van der Waals surface area contributed by atoms with Gasteiger partial charge in [0.05, 0.1) is 12.5 Å². The SMILES string of the molecule is C=CC1CCC(C2CCC(C(F)(F)Oc3ccc(COC)cc3)CC2)CC1. The summed E-state index contributed by atoms with van der Waals surface area (Å²) in [4.78, 5) is 0. The van der Waals surface area contributed by atoms with Crippen molar-refractivity contribution in [3.05, 3.63) is 42.5 Å². The Labute approximate surface area is 161 Å². The maximum Gasteiger partial charge on any atom is 0.400 e. The van der Waals surface area contributed by atoms with Gasteiger partial charge < -0.3 is 9.47 Å². The van der Waals surface area contributed by atoms with Crippen LogP contribution in [0.15, 0.2) is 36.9 Å². The maximum atomic E-state index is 14.7. The molecule has 0 spiro atoms. The Morgan fingerprint density at radius 2 is 1.52 bits per heavy atom. The van der Waals surface area contributed by atoms with Gasteiger partial charge in [0.2, 0.25) is 0 Å². The molecule has 2 aliphatic rings. The highest BCUT2D eigenvalue weighted by molar-refractivity contribution is 5.27. The highest BCUT2D eigenvalue weighted by atomic mass is 19.3. The van der Waals surface area contributed by atoms with Crippen LogP contribution in [0.2, 0.25) is 0 Å². The molecule has 0 radical (unpaired) electrons. The number of allylic oxidation sites excluding steroid dienone is 1. The minimum absolute atomic E-state index is 0.227. The molecule has 4 heteroatoms. The Balaban J connectivity index is 1.49. The van der Waals surface area contributed by atoms with Crippen molar-refractivity contribution in [3.8, 4) is 5.75 Å². The van der Waals surface area contributed by atoms with Crippen molar-refractivity contribution in [1.29, 1.82) is 0 Å². The summed E-state index contributed by atoms with van der Waals surface area (Å²) in [5.74, 6) is 1.52. The lowest BCUT2D eigenvalue weighted by molar-refractivity contribution is -0.224. The minimum atomic E-state index is -3.10. The third-order valence-electron chi connectivity index (χ3n) is 6.55. The number of rotatable bonds is 7. The minimum Gasteiger partial charge on any atom is -0.432 e. The monoisotopic (exact) mass is 378 g/mol. The number of benzene rings is 1. The first-order valence-corrected chi connectivity index (χ1v) is 10.3. The Morgan fingerprint density at radius 3 is 2.04 bits per heavy atom. The van der Waals surface area contributed by atoms with Gasteiger partial charge in [-0.15, -0.1) is 6.58 Å². The van der Waals surface area contributed by atoms with E-state index in [1.165, 1.54) is 25.7 Å². The first kappa shape index (κ1) is 20.3. The molecule has 2 fully saturated rings. The summed E-state index contributed by atoms with van der Waals surface area (Å²) < 4.78 is 39.4. The summed E-state index contributed by atoms with van der Waals surface area (Å²) in [6.07, 6.45) is 6.78. The lowest BCUT2D eigenvalue weighted by Crippen LogP contribution is -2.38. The molecule has 27 heavy (non-hydrogen) atoms. The summed E-state index contributed by atoms with van der Waals surface area (Å²) in [5, 5.41) is 0. The third-order valence-corrected chi connectivity index (χ3v) is 6.55. The van der Waals surface area contributed by atoms with Crippen LogP contribution in [0.3, 0.4) is 0 Å². The lowest BCUT2D eigenvalue weighted by Gasteiger charge is -2.38. The van der Waals surface area contributed by atoms with E-state index in [1.807, 2.05) is 0 Å². The van der Waals surface area contributed by atoms with E-state index in [-0.39, 0.29) is 5.75 Å². The van der Waals surface area contributed by atoms with E-state index in [4.69, 9.17) is 9.47 Å². The van der Waals surface area contributed by atoms with Crippen molar-refractivity contribution in [1.82, 2.24) is 0 Å². The normalized spacial score (nSPS) is 29.3. The number of hydrogen-bond acceptors (Lipinski definition) is 2. The smallest absolute Gasteiger partial charge is 0.400 e. The molecule has 0 heterocycles. The van der Waals surface area contributed by atoms with E-state index in [2.05, 4.69) is 12.7 Å². The molecule has 0 atom stereocenters. The number of halogens is 2. The molecule has 2 saturated carbocycles. The molecular formula is C23H32F2O2. The predicted molar refractivity (Wildman–Crippen MR) is 104 cm³/mol. The molecule has 1 aromatic carbocycles. The molecule has 0 saturated heterocycles. The molecule has 0 aromatic heterocycles. The van der Waals surface area contributed by atoms with Gasteiger partial charge >= 0.3 is 6.11 Å². The van der Waals surface area contributed by atoms with E-state index >= 15 is 0 Å². The quantitative estimate of drug-likeness (QED) is 0.497. The van der Waals surface area contributed by atoms with Crippen molar-refractivity contribution in [2.45, 2.75) is 64.1 Å². The van der Waals surface area contributed by atoms with Gasteiger partial charge in [-0.2, -0.15) is 8.78 Å². The van der Waals surface area contributed by atoms with Crippen LogP contribution in [0.25, 0.3) is 0 Å². The third kappa shape index (κ3) is 5.31. The number of alkyl halides is 2. The molecule has 1 aromatic rings. The van der Waals surface area contributed by atoms with Gasteiger partial charge in [-0.1, -0.05) is 18.2 Å². The van der Waals surface area contributed by atoms with Crippen LogP contribution in [0.4, 0.5) is 8.78 Å². The molecule has 0 amide bonds. The lowest BCUT2D eigenvalue weighted by atomic mass is 9.69. The molecule has 0 bridgehead atoms. The van der Waals surface area contributed by atoms with Gasteiger partial charge in [-0.05, 0) is 86.8 Å². The van der Waals surface area contributed by atoms with E-state index < -0.39 is 12.0 Å².